The number of allylic oxidation sites excluding steroid dienone is 1. The summed E-state index contributed by atoms with van der Waals surface area (Å²) in [5.74, 6) is -3.07. The van der Waals surface area contributed by atoms with Crippen molar-refractivity contribution in [1.82, 2.24) is 15.2 Å². The summed E-state index contributed by atoms with van der Waals surface area (Å²) in [6.07, 6.45) is 0.228. The van der Waals surface area contributed by atoms with Crippen LogP contribution in [0, 0.1) is 0 Å². The zero-order valence-corrected chi connectivity index (χ0v) is 21.0. The van der Waals surface area contributed by atoms with Crippen molar-refractivity contribution in [3.63, 3.8) is 0 Å². The average Bonchev–Trinajstić information content (AvgIpc) is 3.19. The second-order valence-electron chi connectivity index (χ2n) is 6.33. The minimum Gasteiger partial charge on any atom is -0.543 e. The summed E-state index contributed by atoms with van der Waals surface area (Å²) in [5, 5.41) is 30.0. The maximum absolute atomic E-state index is 12.6. The number of aliphatic carboxylic acids is 1. The number of hydrogen-bond acceptors (Lipinski definition) is 12. The number of thiazole rings is 1. The fourth-order valence-electron chi connectivity index (χ4n) is 2.94. The molecule has 0 aliphatic carbocycles. The molecule has 0 spiro atoms. The largest absolute Gasteiger partial charge is 1.00 e. The van der Waals surface area contributed by atoms with Crippen LogP contribution in [-0.4, -0.2) is 75.0 Å². The molecule has 0 saturated carbocycles. The van der Waals surface area contributed by atoms with Gasteiger partial charge >= 0.3 is 29.6 Å². The van der Waals surface area contributed by atoms with Gasteiger partial charge in [0, 0.05) is 11.1 Å². The molecule has 3 heterocycles. The van der Waals surface area contributed by atoms with Gasteiger partial charge in [-0.1, -0.05) is 16.4 Å². The number of thioether (sulfide) groups is 1. The molecule has 4 N–H and O–H groups in total. The Morgan fingerprint density at radius 3 is 2.82 bits per heavy atom. The third kappa shape index (κ3) is 6.12. The van der Waals surface area contributed by atoms with E-state index in [0.29, 0.717) is 6.21 Å². The molecule has 3 rings (SSSR count). The SMILES string of the molecule is Nc1nc(/C(=N/O)C(=O)N[C@@H]2C(=O)N3C(C(=O)[O-])=C(/C=C\CON=CC(F)F)CS[C@H]23)cs1.[Na+]. The second-order valence-corrected chi connectivity index (χ2v) is 8.32. The Balaban J connectivity index is 0.00000408. The first-order valence-electron chi connectivity index (χ1n) is 8.98. The number of aromatic nitrogens is 1. The number of nitrogen functional groups attached to an aromatic ring is 1. The maximum atomic E-state index is 12.6. The van der Waals surface area contributed by atoms with Gasteiger partial charge in [0.15, 0.2) is 10.8 Å². The predicted molar refractivity (Wildman–Crippen MR) is 111 cm³/mol. The number of β-lactam (4-membered cyclic amide) rings is 1. The molecule has 0 aromatic carbocycles. The molecule has 2 aliphatic heterocycles. The van der Waals surface area contributed by atoms with Crippen LogP contribution in [0.15, 0.2) is 39.1 Å². The summed E-state index contributed by atoms with van der Waals surface area (Å²) in [6, 6.07) is -1.08. The number of carbonyl (C=O) groups excluding carboxylic acids is 3. The van der Waals surface area contributed by atoms with Gasteiger partial charge in [-0.15, -0.1) is 23.1 Å². The van der Waals surface area contributed by atoms with Gasteiger partial charge in [0.2, 0.25) is 0 Å². The van der Waals surface area contributed by atoms with E-state index >= 15 is 0 Å². The Labute approximate surface area is 220 Å². The maximum Gasteiger partial charge on any atom is 1.00 e. The number of rotatable bonds is 9. The van der Waals surface area contributed by atoms with Gasteiger partial charge in [-0.2, -0.15) is 0 Å². The number of anilines is 1. The number of carboxylic acid groups (broad SMARTS) is 1. The number of alkyl halides is 2. The van der Waals surface area contributed by atoms with Crippen molar-refractivity contribution in [3.8, 4) is 0 Å². The Morgan fingerprint density at radius 2 is 2.24 bits per heavy atom. The van der Waals surface area contributed by atoms with E-state index in [0.717, 1.165) is 16.2 Å². The molecule has 2 aliphatic rings. The molecule has 2 atom stereocenters. The van der Waals surface area contributed by atoms with Gasteiger partial charge in [-0.25, -0.2) is 13.8 Å². The minimum absolute atomic E-state index is 0. The molecule has 17 heteroatoms. The van der Waals surface area contributed by atoms with E-state index in [1.165, 1.54) is 29.3 Å². The first-order valence-corrected chi connectivity index (χ1v) is 10.9. The van der Waals surface area contributed by atoms with Crippen molar-refractivity contribution in [2.24, 2.45) is 10.3 Å². The number of nitrogens with zero attached hydrogens (tertiary/aromatic N) is 4. The average molecular weight is 524 g/mol. The van der Waals surface area contributed by atoms with Crippen molar-refractivity contribution < 1.29 is 67.9 Å². The zero-order valence-electron chi connectivity index (χ0n) is 17.4. The predicted octanol–water partition coefficient (Wildman–Crippen LogP) is -3.86. The molecule has 1 aromatic heterocycles. The standard InChI is InChI=1S/C17H16F2N6O6S2.Na/c18-9(19)4-21-31-3-1-2-7-5-32-15-11(14(27)25(15)12(7)16(28)29)23-13(26)10(24-30)8-6-33-17(20)22-8;/h1-2,4,6,9,11,15,30H,3,5H2,(H2,20,22)(H,23,26)(H,28,29);/q;+1/p-1/b2-1-,21-4?,24-10-;/t11-,15-;/m1./s1. The molecule has 1 fully saturated rings. The number of fused-ring (bicyclic) bond motifs is 1. The third-order valence-electron chi connectivity index (χ3n) is 4.30. The van der Waals surface area contributed by atoms with Gasteiger partial charge < -0.3 is 31.0 Å². The number of hydrogen-bond donors (Lipinski definition) is 3. The number of nitrogens with two attached hydrogens (primary N) is 1. The van der Waals surface area contributed by atoms with Crippen LogP contribution < -0.4 is 45.7 Å². The molecule has 1 aromatic rings. The van der Waals surface area contributed by atoms with Crippen LogP contribution in [-0.2, 0) is 19.2 Å². The van der Waals surface area contributed by atoms with Crippen LogP contribution in [0.1, 0.15) is 5.69 Å². The molecular weight excluding hydrogens is 509 g/mol. The Hall–Kier alpha value is -2.53. The monoisotopic (exact) mass is 524 g/mol. The number of halogens is 2. The van der Waals surface area contributed by atoms with Crippen molar-refractivity contribution in [3.05, 3.63) is 34.5 Å². The molecule has 2 amide bonds. The fraction of sp³-hybridized carbons (Fsp3) is 0.294. The van der Waals surface area contributed by atoms with Gasteiger partial charge in [0.25, 0.3) is 18.2 Å². The topological polar surface area (TPSA) is 183 Å². The number of amides is 2. The molecule has 176 valence electrons. The van der Waals surface area contributed by atoms with Crippen LogP contribution in [0.25, 0.3) is 0 Å². The first kappa shape index (κ1) is 27.7. The Kier molecular flexibility index (Phi) is 9.99. The van der Waals surface area contributed by atoms with Crippen molar-refractivity contribution in [2.45, 2.75) is 17.8 Å². The molecule has 0 bridgehead atoms. The second kappa shape index (κ2) is 12.3. The van der Waals surface area contributed by atoms with Gasteiger partial charge in [-0.05, 0) is 11.6 Å². The van der Waals surface area contributed by atoms with Crippen LogP contribution in [0.5, 0.6) is 0 Å². The molecule has 34 heavy (non-hydrogen) atoms. The summed E-state index contributed by atoms with van der Waals surface area (Å²) < 4.78 is 23.9. The summed E-state index contributed by atoms with van der Waals surface area (Å²) in [4.78, 5) is 46.2. The quantitative estimate of drug-likeness (QED) is 0.0727. The van der Waals surface area contributed by atoms with Gasteiger partial charge in [0.05, 0.1) is 11.7 Å². The van der Waals surface area contributed by atoms with E-state index in [1.54, 1.807) is 0 Å². The van der Waals surface area contributed by atoms with Gasteiger partial charge in [0.1, 0.15) is 29.9 Å². The van der Waals surface area contributed by atoms with E-state index in [1.807, 2.05) is 0 Å². The van der Waals surface area contributed by atoms with E-state index in [4.69, 9.17) is 10.9 Å². The number of oxime groups is 2. The number of carboxylic acids is 1. The van der Waals surface area contributed by atoms with Crippen molar-refractivity contribution in [1.29, 1.82) is 0 Å². The van der Waals surface area contributed by atoms with Crippen LogP contribution in [0.4, 0.5) is 13.9 Å². The van der Waals surface area contributed by atoms with E-state index in [2.05, 4.69) is 25.4 Å². The third-order valence-corrected chi connectivity index (χ3v) is 6.27. The summed E-state index contributed by atoms with van der Waals surface area (Å²) in [5.41, 5.74) is 4.91. The summed E-state index contributed by atoms with van der Waals surface area (Å²) >= 11 is 2.19. The van der Waals surface area contributed by atoms with Gasteiger partial charge in [-0.3, -0.25) is 14.5 Å². The molecular formula is C17H15F2N6NaO6S2. The normalized spacial score (nSPS) is 20.4. The van der Waals surface area contributed by atoms with Crippen molar-refractivity contribution in [2.75, 3.05) is 18.1 Å². The van der Waals surface area contributed by atoms with E-state index < -0.39 is 41.3 Å². The minimum atomic E-state index is -2.77. The Morgan fingerprint density at radius 1 is 1.50 bits per heavy atom. The van der Waals surface area contributed by atoms with Crippen LogP contribution in [0.3, 0.4) is 0 Å². The summed E-state index contributed by atoms with van der Waals surface area (Å²) in [7, 11) is 0. The zero-order chi connectivity index (χ0) is 24.1. The molecule has 12 nitrogen and oxygen atoms in total. The summed E-state index contributed by atoms with van der Waals surface area (Å²) in [6.45, 7) is -0.210. The molecule has 0 unspecified atom stereocenters. The molecule has 1 saturated heterocycles. The van der Waals surface area contributed by atoms with E-state index in [-0.39, 0.29) is 64.0 Å². The van der Waals surface area contributed by atoms with E-state index in [9.17, 15) is 28.3 Å². The number of nitrogens with one attached hydrogen (secondary N) is 1. The van der Waals surface area contributed by atoms with Crippen molar-refractivity contribution >= 4 is 57.9 Å². The fourth-order valence-corrected chi connectivity index (χ4v) is 4.81. The Bertz CT molecular complexity index is 1080. The van der Waals surface area contributed by atoms with Crippen LogP contribution >= 0.6 is 23.1 Å². The smallest absolute Gasteiger partial charge is 0.543 e. The number of carbonyl (C=O) groups is 3. The molecule has 0 radical (unpaired) electrons. The first-order chi connectivity index (χ1) is 15.7. The van der Waals surface area contributed by atoms with Crippen LogP contribution in [0.2, 0.25) is 0 Å².